The number of benzene rings is 1. The molecule has 6 nitrogen and oxygen atoms in total. The summed E-state index contributed by atoms with van der Waals surface area (Å²) in [5.41, 5.74) is 11.3. The van der Waals surface area contributed by atoms with Gasteiger partial charge >= 0.3 is 0 Å². The van der Waals surface area contributed by atoms with Crippen molar-refractivity contribution in [2.45, 2.75) is 32.1 Å². The quantitative estimate of drug-likeness (QED) is 0.332. The average molecular weight is 317 g/mol. The van der Waals surface area contributed by atoms with Crippen molar-refractivity contribution in [2.24, 2.45) is 21.7 Å². The van der Waals surface area contributed by atoms with Gasteiger partial charge in [0.15, 0.2) is 0 Å². The Hall–Kier alpha value is -2.08. The average Bonchev–Trinajstić information content (AvgIpc) is 2.56. The molecule has 6 heteroatoms. The fourth-order valence-electron chi connectivity index (χ4n) is 2.62. The van der Waals surface area contributed by atoms with E-state index in [1.165, 1.54) is 45.3 Å². The number of likely N-dealkylation sites (tertiary alicyclic amines) is 1. The Morgan fingerprint density at radius 2 is 1.83 bits per heavy atom. The molecule has 1 fully saturated rings. The summed E-state index contributed by atoms with van der Waals surface area (Å²) in [4.78, 5) is 2.56. The second kappa shape index (κ2) is 9.84. The maximum absolute atomic E-state index is 5.76. The van der Waals surface area contributed by atoms with Gasteiger partial charge in [-0.15, -0.1) is 5.10 Å². The van der Waals surface area contributed by atoms with Crippen LogP contribution in [-0.4, -0.2) is 43.3 Å². The summed E-state index contributed by atoms with van der Waals surface area (Å²) in [6.45, 7) is 4.49. The van der Waals surface area contributed by atoms with Crippen molar-refractivity contribution in [3.63, 3.8) is 0 Å². The Kier molecular flexibility index (Phi) is 7.39. The Morgan fingerprint density at radius 1 is 1.09 bits per heavy atom. The molecule has 0 bridgehead atoms. The monoisotopic (exact) mass is 317 g/mol. The zero-order valence-corrected chi connectivity index (χ0v) is 13.7. The van der Waals surface area contributed by atoms with Crippen molar-refractivity contribution < 1.29 is 4.74 Å². The molecular weight excluding hydrogens is 290 g/mol. The predicted molar refractivity (Wildman–Crippen MR) is 94.9 cm³/mol. The number of unbranched alkanes of at least 4 members (excludes halogenated alkanes) is 1. The maximum atomic E-state index is 5.76. The Morgan fingerprint density at radius 3 is 2.52 bits per heavy atom. The van der Waals surface area contributed by atoms with Crippen LogP contribution < -0.4 is 16.2 Å². The highest BCUT2D eigenvalue weighted by Gasteiger charge is 2.08. The van der Waals surface area contributed by atoms with Gasteiger partial charge in [-0.25, -0.2) is 0 Å². The molecule has 2 rings (SSSR count). The number of ether oxygens (including phenoxy) is 1. The molecule has 1 heterocycles. The van der Waals surface area contributed by atoms with Gasteiger partial charge in [0.1, 0.15) is 5.75 Å². The van der Waals surface area contributed by atoms with E-state index in [4.69, 9.17) is 16.2 Å². The van der Waals surface area contributed by atoms with E-state index in [1.807, 2.05) is 24.3 Å². The van der Waals surface area contributed by atoms with Gasteiger partial charge in [-0.05, 0) is 75.1 Å². The zero-order chi connectivity index (χ0) is 16.3. The first-order chi connectivity index (χ1) is 11.2. The summed E-state index contributed by atoms with van der Waals surface area (Å²) in [5.74, 6) is 0.827. The van der Waals surface area contributed by atoms with Crippen LogP contribution in [0.4, 0.5) is 0 Å². The standard InChI is InChI=1S/C17H27N5O/c18-17(19)21-20-14-15-6-8-16(9-7-15)23-13-5-4-12-22-10-2-1-3-11-22/h6-9,14H,1-5,10-13H2,(H4,18,19,21). The Bertz CT molecular complexity index is 502. The lowest BCUT2D eigenvalue weighted by atomic mass is 10.1. The first-order valence-corrected chi connectivity index (χ1v) is 8.31. The van der Waals surface area contributed by atoms with Crippen LogP contribution >= 0.6 is 0 Å². The molecule has 1 aromatic rings. The molecule has 4 N–H and O–H groups in total. The molecule has 0 unspecified atom stereocenters. The SMILES string of the molecule is NC(N)=NN=Cc1ccc(OCCCCN2CCCCC2)cc1. The molecule has 0 radical (unpaired) electrons. The first kappa shape index (κ1) is 17.3. The van der Waals surface area contributed by atoms with E-state index in [0.717, 1.165) is 24.3 Å². The smallest absolute Gasteiger partial charge is 0.211 e. The van der Waals surface area contributed by atoms with Gasteiger partial charge in [-0.3, -0.25) is 0 Å². The van der Waals surface area contributed by atoms with Crippen LogP contribution in [0, 0.1) is 0 Å². The molecule has 0 saturated carbocycles. The molecular formula is C17H27N5O. The molecule has 1 aliphatic rings. The summed E-state index contributed by atoms with van der Waals surface area (Å²) in [6, 6.07) is 7.71. The number of nitrogens with two attached hydrogens (primary N) is 2. The maximum Gasteiger partial charge on any atom is 0.211 e. The lowest BCUT2D eigenvalue weighted by Crippen LogP contribution is -2.30. The minimum atomic E-state index is -0.0502. The Labute approximate surface area is 138 Å². The van der Waals surface area contributed by atoms with E-state index < -0.39 is 0 Å². The molecule has 1 aliphatic heterocycles. The first-order valence-electron chi connectivity index (χ1n) is 8.31. The van der Waals surface area contributed by atoms with Crippen molar-refractivity contribution in [1.82, 2.24) is 4.90 Å². The third-order valence-electron chi connectivity index (χ3n) is 3.85. The van der Waals surface area contributed by atoms with Crippen LogP contribution in [0.2, 0.25) is 0 Å². The second-order valence-corrected chi connectivity index (χ2v) is 5.80. The van der Waals surface area contributed by atoms with Crippen LogP contribution in [0.3, 0.4) is 0 Å². The summed E-state index contributed by atoms with van der Waals surface area (Å²) in [7, 11) is 0. The molecule has 0 spiro atoms. The number of rotatable bonds is 8. The van der Waals surface area contributed by atoms with Gasteiger partial charge in [-0.2, -0.15) is 5.10 Å². The van der Waals surface area contributed by atoms with Crippen molar-refractivity contribution >= 4 is 12.2 Å². The lowest BCUT2D eigenvalue weighted by molar-refractivity contribution is 0.216. The number of hydrogen-bond acceptors (Lipinski definition) is 4. The van der Waals surface area contributed by atoms with Gasteiger partial charge in [0.2, 0.25) is 5.96 Å². The minimum Gasteiger partial charge on any atom is -0.494 e. The molecule has 0 atom stereocenters. The fourth-order valence-corrected chi connectivity index (χ4v) is 2.62. The van der Waals surface area contributed by atoms with Crippen LogP contribution in [0.5, 0.6) is 5.75 Å². The Balaban J connectivity index is 1.62. The van der Waals surface area contributed by atoms with Gasteiger partial charge in [0.05, 0.1) is 12.8 Å². The largest absolute Gasteiger partial charge is 0.494 e. The molecule has 1 aromatic carbocycles. The van der Waals surface area contributed by atoms with Gasteiger partial charge in [-0.1, -0.05) is 6.42 Å². The predicted octanol–water partition coefficient (Wildman–Crippen LogP) is 1.94. The molecule has 23 heavy (non-hydrogen) atoms. The number of nitrogens with zero attached hydrogens (tertiary/aromatic N) is 3. The van der Waals surface area contributed by atoms with E-state index in [0.29, 0.717) is 0 Å². The van der Waals surface area contributed by atoms with E-state index in [9.17, 15) is 0 Å². The van der Waals surface area contributed by atoms with Crippen molar-refractivity contribution in [3.05, 3.63) is 29.8 Å². The van der Waals surface area contributed by atoms with Gasteiger partial charge < -0.3 is 21.1 Å². The number of piperidine rings is 1. The van der Waals surface area contributed by atoms with E-state index in [2.05, 4.69) is 15.1 Å². The van der Waals surface area contributed by atoms with Crippen LogP contribution in [-0.2, 0) is 0 Å². The normalized spacial score (nSPS) is 15.7. The van der Waals surface area contributed by atoms with Crippen LogP contribution in [0.25, 0.3) is 0 Å². The van der Waals surface area contributed by atoms with E-state index in [1.54, 1.807) is 6.21 Å². The van der Waals surface area contributed by atoms with Crippen LogP contribution in [0.15, 0.2) is 34.5 Å². The molecule has 0 amide bonds. The van der Waals surface area contributed by atoms with Gasteiger partial charge in [0, 0.05) is 0 Å². The third-order valence-corrected chi connectivity index (χ3v) is 3.85. The lowest BCUT2D eigenvalue weighted by Gasteiger charge is -2.26. The summed E-state index contributed by atoms with van der Waals surface area (Å²) in [6.07, 6.45) is 7.99. The third kappa shape index (κ3) is 7.15. The zero-order valence-electron chi connectivity index (χ0n) is 13.7. The molecule has 0 aliphatic carbocycles. The summed E-state index contributed by atoms with van der Waals surface area (Å²) in [5, 5.41) is 7.33. The van der Waals surface area contributed by atoms with Crippen molar-refractivity contribution in [2.75, 3.05) is 26.2 Å². The minimum absolute atomic E-state index is 0.0502. The fraction of sp³-hybridized carbons (Fsp3) is 0.529. The molecule has 0 aromatic heterocycles. The summed E-state index contributed by atoms with van der Waals surface area (Å²) >= 11 is 0. The highest BCUT2D eigenvalue weighted by atomic mass is 16.5. The highest BCUT2D eigenvalue weighted by Crippen LogP contribution is 2.13. The topological polar surface area (TPSA) is 89.2 Å². The van der Waals surface area contributed by atoms with Crippen molar-refractivity contribution in [1.29, 1.82) is 0 Å². The van der Waals surface area contributed by atoms with E-state index >= 15 is 0 Å². The van der Waals surface area contributed by atoms with Crippen LogP contribution in [0.1, 0.15) is 37.7 Å². The van der Waals surface area contributed by atoms with Crippen molar-refractivity contribution in [3.8, 4) is 5.75 Å². The molecule has 126 valence electrons. The number of hydrogen-bond donors (Lipinski definition) is 2. The highest BCUT2D eigenvalue weighted by molar-refractivity contribution is 5.81. The second-order valence-electron chi connectivity index (χ2n) is 5.80. The van der Waals surface area contributed by atoms with E-state index in [-0.39, 0.29) is 5.96 Å². The van der Waals surface area contributed by atoms with Gasteiger partial charge in [0.25, 0.3) is 0 Å². The molecule has 1 saturated heterocycles. The number of guanidine groups is 1. The summed E-state index contributed by atoms with van der Waals surface area (Å²) < 4.78 is 5.76.